The van der Waals surface area contributed by atoms with E-state index in [-0.39, 0.29) is 36.6 Å². The maximum atomic E-state index is 12.1. The zero-order valence-electron chi connectivity index (χ0n) is 15.6. The van der Waals surface area contributed by atoms with Gasteiger partial charge in [0.05, 0.1) is 12.6 Å². The Kier molecular flexibility index (Phi) is 9.63. The number of carbonyl (C=O) groups excluding carboxylic acids is 2. The molecule has 28 heavy (non-hydrogen) atoms. The van der Waals surface area contributed by atoms with Gasteiger partial charge in [-0.3, -0.25) is 20.0 Å². The highest BCUT2D eigenvalue weighted by atomic mass is 35.5. The van der Waals surface area contributed by atoms with Gasteiger partial charge >= 0.3 is 0 Å². The van der Waals surface area contributed by atoms with Crippen LogP contribution in [0, 0.1) is 5.41 Å². The molecule has 9 heteroatoms. The number of hydrogen-bond donors (Lipinski definition) is 5. The number of rotatable bonds is 9. The summed E-state index contributed by atoms with van der Waals surface area (Å²) >= 11 is 0. The Morgan fingerprint density at radius 3 is 2.43 bits per heavy atom. The largest absolute Gasteiger partial charge is 0.384 e. The lowest BCUT2D eigenvalue weighted by molar-refractivity contribution is -0.127. The van der Waals surface area contributed by atoms with Crippen molar-refractivity contribution in [2.24, 2.45) is 5.73 Å². The van der Waals surface area contributed by atoms with Crippen LogP contribution in [0.2, 0.25) is 0 Å². The molecule has 150 valence electrons. The summed E-state index contributed by atoms with van der Waals surface area (Å²) in [5.41, 5.74) is 7.93. The smallest absolute Gasteiger partial charge is 0.239 e. The predicted octanol–water partition coefficient (Wildman–Crippen LogP) is 0.698. The van der Waals surface area contributed by atoms with E-state index in [0.29, 0.717) is 18.7 Å². The van der Waals surface area contributed by atoms with Crippen molar-refractivity contribution < 1.29 is 9.59 Å². The molecule has 2 aromatic rings. The number of nitrogen functional groups attached to an aromatic ring is 1. The first-order chi connectivity index (χ1) is 13.0. The molecule has 6 N–H and O–H groups in total. The summed E-state index contributed by atoms with van der Waals surface area (Å²) in [7, 11) is 0. The van der Waals surface area contributed by atoms with Crippen molar-refractivity contribution >= 4 is 30.1 Å². The third-order valence-electron chi connectivity index (χ3n) is 3.91. The molecular formula is C19H25ClN6O2. The average Bonchev–Trinajstić information content (AvgIpc) is 2.69. The zero-order valence-corrected chi connectivity index (χ0v) is 16.4. The molecule has 0 saturated heterocycles. The molecule has 0 radical (unpaired) electrons. The maximum absolute atomic E-state index is 12.1. The van der Waals surface area contributed by atoms with E-state index in [1.807, 2.05) is 18.2 Å². The van der Waals surface area contributed by atoms with Crippen LogP contribution in [0.5, 0.6) is 0 Å². The van der Waals surface area contributed by atoms with Crippen molar-refractivity contribution in [3.63, 3.8) is 0 Å². The molecule has 0 spiro atoms. The van der Waals surface area contributed by atoms with E-state index < -0.39 is 6.04 Å². The van der Waals surface area contributed by atoms with E-state index in [4.69, 9.17) is 11.1 Å². The fourth-order valence-corrected chi connectivity index (χ4v) is 2.25. The van der Waals surface area contributed by atoms with Crippen LogP contribution in [0.4, 0.5) is 0 Å². The van der Waals surface area contributed by atoms with Gasteiger partial charge in [-0.1, -0.05) is 30.3 Å². The second-order valence-electron chi connectivity index (χ2n) is 6.07. The first kappa shape index (κ1) is 23.1. The molecule has 1 aromatic heterocycles. The summed E-state index contributed by atoms with van der Waals surface area (Å²) in [5, 5.41) is 15.8. The minimum Gasteiger partial charge on any atom is -0.384 e. The summed E-state index contributed by atoms with van der Waals surface area (Å²) in [6.45, 7) is 2.50. The molecule has 0 fully saturated rings. The molecule has 2 rings (SSSR count). The Morgan fingerprint density at radius 2 is 1.82 bits per heavy atom. The zero-order chi connectivity index (χ0) is 19.6. The lowest BCUT2D eigenvalue weighted by Crippen LogP contribution is -2.45. The van der Waals surface area contributed by atoms with Crippen molar-refractivity contribution in [3.05, 3.63) is 65.5 Å². The van der Waals surface area contributed by atoms with Crippen LogP contribution in [0.15, 0.2) is 48.8 Å². The molecular weight excluding hydrogens is 380 g/mol. The van der Waals surface area contributed by atoms with Gasteiger partial charge in [-0.05, 0) is 24.1 Å². The van der Waals surface area contributed by atoms with Crippen LogP contribution in [0.1, 0.15) is 23.6 Å². The molecule has 1 unspecified atom stereocenters. The second-order valence-corrected chi connectivity index (χ2v) is 6.07. The number of hydrogen-bond acceptors (Lipinski definition) is 5. The quantitative estimate of drug-likeness (QED) is 0.310. The van der Waals surface area contributed by atoms with Crippen molar-refractivity contribution in [2.75, 3.05) is 6.54 Å². The fourth-order valence-electron chi connectivity index (χ4n) is 2.25. The maximum Gasteiger partial charge on any atom is 0.239 e. The molecule has 8 nitrogen and oxygen atoms in total. The van der Waals surface area contributed by atoms with Crippen molar-refractivity contribution in [1.82, 2.24) is 20.9 Å². The highest BCUT2D eigenvalue weighted by Gasteiger charge is 2.13. The Labute approximate surface area is 170 Å². The predicted molar refractivity (Wildman–Crippen MR) is 110 cm³/mol. The number of nitrogens with one attached hydrogen (secondary N) is 4. The topological polar surface area (TPSA) is 133 Å². The Morgan fingerprint density at radius 1 is 1.11 bits per heavy atom. The molecule has 1 heterocycles. The van der Waals surface area contributed by atoms with Gasteiger partial charge in [0, 0.05) is 31.0 Å². The molecule has 0 aliphatic carbocycles. The molecule has 0 aliphatic rings. The van der Waals surface area contributed by atoms with Crippen molar-refractivity contribution in [2.45, 2.75) is 26.1 Å². The van der Waals surface area contributed by atoms with Crippen LogP contribution < -0.4 is 21.7 Å². The van der Waals surface area contributed by atoms with Gasteiger partial charge < -0.3 is 21.7 Å². The normalized spacial score (nSPS) is 11.0. The third kappa shape index (κ3) is 7.73. The highest BCUT2D eigenvalue weighted by molar-refractivity contribution is 5.94. The number of pyridine rings is 1. The SMILES string of the molecule is CC(NCc1ccc(C(=N)N)cc1)C(=O)NCC(=O)NCc1cccnc1.Cl. The van der Waals surface area contributed by atoms with E-state index in [0.717, 1.165) is 11.1 Å². The molecule has 0 bridgehead atoms. The summed E-state index contributed by atoms with van der Waals surface area (Å²) in [6, 6.07) is 10.4. The molecule has 0 aliphatic heterocycles. The lowest BCUT2D eigenvalue weighted by atomic mass is 10.1. The minimum atomic E-state index is -0.455. The number of halogens is 1. The average molecular weight is 405 g/mol. The summed E-state index contributed by atoms with van der Waals surface area (Å²) in [6.07, 6.45) is 3.34. The van der Waals surface area contributed by atoms with Crippen LogP contribution in [0.3, 0.4) is 0 Å². The van der Waals surface area contributed by atoms with E-state index >= 15 is 0 Å². The monoisotopic (exact) mass is 404 g/mol. The van der Waals surface area contributed by atoms with Crippen molar-refractivity contribution in [3.8, 4) is 0 Å². The third-order valence-corrected chi connectivity index (χ3v) is 3.91. The van der Waals surface area contributed by atoms with Gasteiger partial charge in [0.15, 0.2) is 0 Å². The minimum absolute atomic E-state index is 0. The number of benzene rings is 1. The van der Waals surface area contributed by atoms with Gasteiger partial charge in [-0.25, -0.2) is 0 Å². The number of nitrogens with zero attached hydrogens (tertiary/aromatic N) is 1. The number of nitrogens with two attached hydrogens (primary N) is 1. The van der Waals surface area contributed by atoms with Crippen LogP contribution in [-0.4, -0.2) is 35.2 Å². The first-order valence-electron chi connectivity index (χ1n) is 8.55. The highest BCUT2D eigenvalue weighted by Crippen LogP contribution is 2.04. The van der Waals surface area contributed by atoms with Gasteiger partial charge in [-0.2, -0.15) is 0 Å². The molecule has 0 saturated carbocycles. The lowest BCUT2D eigenvalue weighted by Gasteiger charge is -2.14. The molecule has 2 amide bonds. The number of carbonyl (C=O) groups is 2. The summed E-state index contributed by atoms with van der Waals surface area (Å²) in [5.74, 6) is -0.504. The Balaban J connectivity index is 0.00000392. The first-order valence-corrected chi connectivity index (χ1v) is 8.55. The summed E-state index contributed by atoms with van der Waals surface area (Å²) in [4.78, 5) is 27.9. The van der Waals surface area contributed by atoms with Gasteiger partial charge in [-0.15, -0.1) is 12.4 Å². The number of aromatic nitrogens is 1. The van der Waals surface area contributed by atoms with E-state index in [2.05, 4.69) is 20.9 Å². The van der Waals surface area contributed by atoms with Gasteiger partial charge in [0.25, 0.3) is 0 Å². The second kappa shape index (κ2) is 11.7. The Hall–Kier alpha value is -2.97. The standard InChI is InChI=1S/C19H24N6O2.ClH/c1-13(23-10-14-4-6-16(7-5-14)18(20)21)19(27)25-12-17(26)24-11-15-3-2-8-22-9-15;/h2-9,13,23H,10-12H2,1H3,(H3,20,21)(H,24,26)(H,25,27);1H. The Bertz CT molecular complexity index is 783. The fraction of sp³-hybridized carbons (Fsp3) is 0.263. The van der Waals surface area contributed by atoms with Gasteiger partial charge in [0.1, 0.15) is 5.84 Å². The van der Waals surface area contributed by atoms with Crippen LogP contribution in [0.25, 0.3) is 0 Å². The van der Waals surface area contributed by atoms with E-state index in [1.165, 1.54) is 0 Å². The van der Waals surface area contributed by atoms with E-state index in [9.17, 15) is 9.59 Å². The molecule has 1 atom stereocenters. The number of amides is 2. The van der Waals surface area contributed by atoms with Crippen molar-refractivity contribution in [1.29, 1.82) is 5.41 Å². The van der Waals surface area contributed by atoms with Crippen LogP contribution in [-0.2, 0) is 22.7 Å². The summed E-state index contributed by atoms with van der Waals surface area (Å²) < 4.78 is 0. The molecule has 1 aromatic carbocycles. The van der Waals surface area contributed by atoms with E-state index in [1.54, 1.807) is 37.5 Å². The number of amidine groups is 1. The van der Waals surface area contributed by atoms with Gasteiger partial charge in [0.2, 0.25) is 11.8 Å². The van der Waals surface area contributed by atoms with Crippen LogP contribution >= 0.6 is 12.4 Å².